The van der Waals surface area contributed by atoms with Gasteiger partial charge in [-0.05, 0) is 33.8 Å². The Balaban J connectivity index is 2.63. The molecule has 0 aliphatic carbocycles. The van der Waals surface area contributed by atoms with Gasteiger partial charge in [0, 0.05) is 12.7 Å². The Morgan fingerprint density at radius 2 is 1.94 bits per heavy atom. The normalized spacial score (nSPS) is 11.3. The summed E-state index contributed by atoms with van der Waals surface area (Å²) in [6, 6.07) is 3.45. The second kappa shape index (κ2) is 6.44. The molecule has 5 nitrogen and oxygen atoms in total. The van der Waals surface area contributed by atoms with E-state index in [0.29, 0.717) is 37.3 Å². The fourth-order valence-electron chi connectivity index (χ4n) is 1.24. The van der Waals surface area contributed by atoms with Crippen molar-refractivity contribution in [2.75, 3.05) is 25.6 Å². The second-order valence-electron chi connectivity index (χ2n) is 4.80. The number of pyridine rings is 1. The molecule has 0 fully saturated rings. The van der Waals surface area contributed by atoms with Crippen molar-refractivity contribution in [3.05, 3.63) is 12.1 Å². The topological polar surface area (TPSA) is 66.6 Å². The minimum Gasteiger partial charge on any atom is -0.475 e. The molecule has 0 saturated heterocycles. The van der Waals surface area contributed by atoms with Crippen LogP contribution in [0.15, 0.2) is 12.1 Å². The SMILES string of the molecule is CCOCCOc1ccc(N)c(OC(C)(C)C)n1. The Morgan fingerprint density at radius 3 is 2.56 bits per heavy atom. The molecule has 0 amide bonds. The molecule has 102 valence electrons. The standard InChI is InChI=1S/C13H22N2O3/c1-5-16-8-9-17-11-7-6-10(14)12(15-11)18-13(2,3)4/h6-7H,5,8-9,14H2,1-4H3. The van der Waals surface area contributed by atoms with Crippen LogP contribution in [-0.4, -0.2) is 30.4 Å². The Labute approximate surface area is 108 Å². The van der Waals surface area contributed by atoms with Crippen molar-refractivity contribution < 1.29 is 14.2 Å². The molecule has 1 rings (SSSR count). The molecule has 0 unspecified atom stereocenters. The van der Waals surface area contributed by atoms with E-state index in [0.717, 1.165) is 0 Å². The fourth-order valence-corrected chi connectivity index (χ4v) is 1.24. The van der Waals surface area contributed by atoms with E-state index >= 15 is 0 Å². The van der Waals surface area contributed by atoms with Gasteiger partial charge < -0.3 is 19.9 Å². The van der Waals surface area contributed by atoms with Gasteiger partial charge >= 0.3 is 0 Å². The number of nitrogen functional groups attached to an aromatic ring is 1. The minimum absolute atomic E-state index is 0.342. The van der Waals surface area contributed by atoms with Crippen LogP contribution in [0.3, 0.4) is 0 Å². The predicted octanol–water partition coefficient (Wildman–Crippen LogP) is 2.26. The first-order valence-electron chi connectivity index (χ1n) is 6.08. The number of hydrogen-bond acceptors (Lipinski definition) is 5. The van der Waals surface area contributed by atoms with E-state index in [1.165, 1.54) is 0 Å². The van der Waals surface area contributed by atoms with Crippen molar-refractivity contribution in [3.8, 4) is 11.8 Å². The second-order valence-corrected chi connectivity index (χ2v) is 4.80. The van der Waals surface area contributed by atoms with E-state index < -0.39 is 0 Å². The largest absolute Gasteiger partial charge is 0.475 e. The third-order valence-corrected chi connectivity index (χ3v) is 1.95. The summed E-state index contributed by atoms with van der Waals surface area (Å²) in [6.07, 6.45) is 0. The zero-order chi connectivity index (χ0) is 13.6. The van der Waals surface area contributed by atoms with Crippen molar-refractivity contribution in [2.24, 2.45) is 0 Å². The third kappa shape index (κ3) is 5.23. The quantitative estimate of drug-likeness (QED) is 0.789. The zero-order valence-electron chi connectivity index (χ0n) is 11.5. The first-order valence-corrected chi connectivity index (χ1v) is 6.08. The van der Waals surface area contributed by atoms with Crippen molar-refractivity contribution in [1.29, 1.82) is 0 Å². The number of nitrogens with two attached hydrogens (primary N) is 1. The molecule has 0 atom stereocenters. The Morgan fingerprint density at radius 1 is 1.22 bits per heavy atom. The van der Waals surface area contributed by atoms with E-state index in [-0.39, 0.29) is 5.60 Å². The van der Waals surface area contributed by atoms with Gasteiger partial charge in [0.2, 0.25) is 11.8 Å². The molecule has 0 spiro atoms. The molecule has 1 aromatic heterocycles. The molecule has 18 heavy (non-hydrogen) atoms. The summed E-state index contributed by atoms with van der Waals surface area (Å²) in [6.45, 7) is 9.44. The van der Waals surface area contributed by atoms with Crippen LogP contribution in [-0.2, 0) is 4.74 Å². The molecular weight excluding hydrogens is 232 g/mol. The highest BCUT2D eigenvalue weighted by atomic mass is 16.5. The zero-order valence-corrected chi connectivity index (χ0v) is 11.5. The van der Waals surface area contributed by atoms with Crippen molar-refractivity contribution in [1.82, 2.24) is 4.98 Å². The van der Waals surface area contributed by atoms with E-state index in [2.05, 4.69) is 4.98 Å². The molecule has 1 aromatic rings. The lowest BCUT2D eigenvalue weighted by molar-refractivity contribution is 0.105. The first-order chi connectivity index (χ1) is 8.42. The number of hydrogen-bond donors (Lipinski definition) is 1. The number of anilines is 1. The van der Waals surface area contributed by atoms with Crippen LogP contribution in [0.2, 0.25) is 0 Å². The van der Waals surface area contributed by atoms with E-state index in [9.17, 15) is 0 Å². The van der Waals surface area contributed by atoms with Gasteiger partial charge in [-0.15, -0.1) is 0 Å². The summed E-state index contributed by atoms with van der Waals surface area (Å²) >= 11 is 0. The number of ether oxygens (including phenoxy) is 3. The molecule has 0 aliphatic heterocycles. The molecule has 0 aromatic carbocycles. The maximum absolute atomic E-state index is 5.81. The van der Waals surface area contributed by atoms with Crippen LogP contribution in [0.25, 0.3) is 0 Å². The van der Waals surface area contributed by atoms with Gasteiger partial charge in [0.05, 0.1) is 12.3 Å². The lowest BCUT2D eigenvalue weighted by Crippen LogP contribution is -2.24. The monoisotopic (exact) mass is 254 g/mol. The number of aromatic nitrogens is 1. The lowest BCUT2D eigenvalue weighted by Gasteiger charge is -2.21. The molecule has 0 saturated carbocycles. The van der Waals surface area contributed by atoms with Gasteiger partial charge in [-0.3, -0.25) is 0 Å². The lowest BCUT2D eigenvalue weighted by atomic mass is 10.2. The minimum atomic E-state index is -0.342. The molecular formula is C13H22N2O3. The van der Waals surface area contributed by atoms with Crippen LogP contribution in [0, 0.1) is 0 Å². The molecule has 1 heterocycles. The maximum atomic E-state index is 5.81. The summed E-state index contributed by atoms with van der Waals surface area (Å²) in [4.78, 5) is 4.23. The summed E-state index contributed by atoms with van der Waals surface area (Å²) in [5.41, 5.74) is 5.96. The van der Waals surface area contributed by atoms with Gasteiger partial charge in [0.25, 0.3) is 0 Å². The molecule has 2 N–H and O–H groups in total. The highest BCUT2D eigenvalue weighted by Crippen LogP contribution is 2.25. The van der Waals surface area contributed by atoms with Crippen molar-refractivity contribution in [2.45, 2.75) is 33.3 Å². The molecule has 0 bridgehead atoms. The van der Waals surface area contributed by atoms with Crippen LogP contribution < -0.4 is 15.2 Å². The Bertz CT molecular complexity index is 375. The van der Waals surface area contributed by atoms with Crippen LogP contribution in [0.1, 0.15) is 27.7 Å². The van der Waals surface area contributed by atoms with Gasteiger partial charge in [-0.25, -0.2) is 0 Å². The highest BCUT2D eigenvalue weighted by Gasteiger charge is 2.15. The van der Waals surface area contributed by atoms with Crippen molar-refractivity contribution in [3.63, 3.8) is 0 Å². The molecule has 0 radical (unpaired) electrons. The van der Waals surface area contributed by atoms with E-state index in [1.807, 2.05) is 27.7 Å². The average Bonchev–Trinajstić information content (AvgIpc) is 2.27. The summed E-state index contributed by atoms with van der Waals surface area (Å²) < 4.78 is 16.3. The smallest absolute Gasteiger partial charge is 0.241 e. The Kier molecular flexibility index (Phi) is 5.22. The predicted molar refractivity (Wildman–Crippen MR) is 71.0 cm³/mol. The molecule has 5 heteroatoms. The van der Waals surface area contributed by atoms with Crippen LogP contribution in [0.4, 0.5) is 5.69 Å². The van der Waals surface area contributed by atoms with Crippen LogP contribution >= 0.6 is 0 Å². The third-order valence-electron chi connectivity index (χ3n) is 1.95. The van der Waals surface area contributed by atoms with Crippen molar-refractivity contribution >= 4 is 5.69 Å². The van der Waals surface area contributed by atoms with E-state index in [1.54, 1.807) is 12.1 Å². The van der Waals surface area contributed by atoms with Gasteiger partial charge in [-0.1, -0.05) is 0 Å². The summed E-state index contributed by atoms with van der Waals surface area (Å²) in [7, 11) is 0. The maximum Gasteiger partial charge on any atom is 0.241 e. The average molecular weight is 254 g/mol. The van der Waals surface area contributed by atoms with Gasteiger partial charge in [0.15, 0.2) is 0 Å². The first kappa shape index (κ1) is 14.6. The fraction of sp³-hybridized carbons (Fsp3) is 0.615. The Hall–Kier alpha value is -1.49. The summed E-state index contributed by atoms with van der Waals surface area (Å²) in [5, 5.41) is 0. The van der Waals surface area contributed by atoms with Crippen LogP contribution in [0.5, 0.6) is 11.8 Å². The highest BCUT2D eigenvalue weighted by molar-refractivity contribution is 5.49. The van der Waals surface area contributed by atoms with E-state index in [4.69, 9.17) is 19.9 Å². The van der Waals surface area contributed by atoms with Gasteiger partial charge in [-0.2, -0.15) is 4.98 Å². The number of rotatable bonds is 6. The number of nitrogens with zero attached hydrogens (tertiary/aromatic N) is 1. The van der Waals surface area contributed by atoms with Gasteiger partial charge in [0.1, 0.15) is 12.2 Å². The summed E-state index contributed by atoms with van der Waals surface area (Å²) in [5.74, 6) is 0.888. The molecule has 0 aliphatic rings.